The molecular weight excluding hydrogens is 568 g/mol. The molecule has 0 saturated carbocycles. The smallest absolute Gasteiger partial charge is 0.0178 e. The summed E-state index contributed by atoms with van der Waals surface area (Å²) in [5.74, 6) is 2.32. The van der Waals surface area contributed by atoms with Gasteiger partial charge in [0.1, 0.15) is 0 Å². The zero-order chi connectivity index (χ0) is 25.7. The van der Waals surface area contributed by atoms with Crippen molar-refractivity contribution >= 4 is 31.9 Å². The molecule has 0 fully saturated rings. The van der Waals surface area contributed by atoms with Gasteiger partial charge in [0.15, 0.2) is 0 Å². The van der Waals surface area contributed by atoms with Crippen LogP contribution in [-0.4, -0.2) is 0 Å². The summed E-state index contributed by atoms with van der Waals surface area (Å²) in [4.78, 5) is 0. The highest BCUT2D eigenvalue weighted by Gasteiger charge is 2.29. The van der Waals surface area contributed by atoms with Crippen LogP contribution in [0.5, 0.6) is 0 Å². The molecule has 184 valence electrons. The molecule has 0 N–H and O–H groups in total. The zero-order valence-corrected chi connectivity index (χ0v) is 25.2. The second-order valence-electron chi connectivity index (χ2n) is 10.8. The van der Waals surface area contributed by atoms with Crippen LogP contribution in [0, 0.1) is 13.8 Å². The lowest BCUT2D eigenvalue weighted by atomic mass is 9.72. The Bertz CT molecular complexity index is 1230. The predicted octanol–water partition coefficient (Wildman–Crippen LogP) is 11.3. The van der Waals surface area contributed by atoms with E-state index >= 15 is 0 Å². The topological polar surface area (TPSA) is 0 Å². The van der Waals surface area contributed by atoms with Crippen molar-refractivity contribution < 1.29 is 0 Å². The molecule has 4 unspecified atom stereocenters. The van der Waals surface area contributed by atoms with E-state index in [0.29, 0.717) is 23.7 Å². The molecule has 2 aliphatic rings. The van der Waals surface area contributed by atoms with Gasteiger partial charge >= 0.3 is 0 Å². The molecule has 0 spiro atoms. The van der Waals surface area contributed by atoms with E-state index in [1.807, 2.05) is 0 Å². The molecule has 0 amide bonds. The molecular formula is C34H34Br2. The summed E-state index contributed by atoms with van der Waals surface area (Å²) in [7, 11) is 0. The fourth-order valence-corrected chi connectivity index (χ4v) is 6.75. The summed E-state index contributed by atoms with van der Waals surface area (Å²) in [5.41, 5.74) is 14.3. The monoisotopic (exact) mass is 600 g/mol. The first-order valence-corrected chi connectivity index (χ1v) is 14.5. The summed E-state index contributed by atoms with van der Waals surface area (Å²) < 4.78 is 2.33. The van der Waals surface area contributed by atoms with E-state index in [2.05, 4.69) is 146 Å². The fraction of sp³-hybridized carbons (Fsp3) is 0.294. The van der Waals surface area contributed by atoms with Crippen LogP contribution in [-0.2, 0) is 0 Å². The van der Waals surface area contributed by atoms with Crippen molar-refractivity contribution in [2.24, 2.45) is 0 Å². The van der Waals surface area contributed by atoms with Crippen molar-refractivity contribution in [1.82, 2.24) is 0 Å². The van der Waals surface area contributed by atoms with Gasteiger partial charge in [-0.15, -0.1) is 0 Å². The maximum atomic E-state index is 3.58. The molecule has 0 heterocycles. The quantitative estimate of drug-likeness (QED) is 0.188. The van der Waals surface area contributed by atoms with Crippen LogP contribution < -0.4 is 0 Å². The van der Waals surface area contributed by atoms with Crippen LogP contribution in [0.25, 0.3) is 22.3 Å². The number of fused-ring (bicyclic) bond motifs is 6. The summed E-state index contributed by atoms with van der Waals surface area (Å²) in [6.07, 6.45) is 0. The predicted molar refractivity (Wildman–Crippen MR) is 162 cm³/mol. The molecule has 0 aliphatic heterocycles. The minimum atomic E-state index is 0.555. The molecule has 0 saturated heterocycles. The van der Waals surface area contributed by atoms with Crippen LogP contribution in [0.4, 0.5) is 0 Å². The second kappa shape index (κ2) is 9.95. The summed E-state index contributed by atoms with van der Waals surface area (Å²) >= 11 is 7.16. The molecule has 0 radical (unpaired) electrons. The van der Waals surface area contributed by atoms with Crippen LogP contribution in [0.3, 0.4) is 0 Å². The number of halogens is 2. The van der Waals surface area contributed by atoms with Gasteiger partial charge in [0, 0.05) is 8.95 Å². The highest BCUT2D eigenvalue weighted by atomic mass is 79.9. The molecule has 36 heavy (non-hydrogen) atoms. The molecule has 2 heteroatoms. The van der Waals surface area contributed by atoms with E-state index in [0.717, 1.165) is 0 Å². The van der Waals surface area contributed by atoms with E-state index in [9.17, 15) is 0 Å². The maximum Gasteiger partial charge on any atom is 0.0178 e. The first-order valence-electron chi connectivity index (χ1n) is 13.0. The van der Waals surface area contributed by atoms with Crippen LogP contribution in [0.2, 0.25) is 0 Å². The van der Waals surface area contributed by atoms with Gasteiger partial charge in [-0.3, -0.25) is 0 Å². The van der Waals surface area contributed by atoms with Gasteiger partial charge in [-0.2, -0.15) is 0 Å². The highest BCUT2D eigenvalue weighted by Crippen LogP contribution is 2.48. The fourth-order valence-electron chi connectivity index (χ4n) is 6.00. The Hall–Kier alpha value is -2.16. The first kappa shape index (κ1) is 25.5. The van der Waals surface area contributed by atoms with Gasteiger partial charge in [0.25, 0.3) is 0 Å². The number of rotatable bonds is 0. The number of aryl methyl sites for hydroxylation is 2. The van der Waals surface area contributed by atoms with Crippen LogP contribution >= 0.6 is 31.9 Å². The Morgan fingerprint density at radius 3 is 1.03 bits per heavy atom. The van der Waals surface area contributed by atoms with Gasteiger partial charge < -0.3 is 0 Å². The largest absolute Gasteiger partial charge is 0.0587 e. The van der Waals surface area contributed by atoms with Crippen molar-refractivity contribution in [3.63, 3.8) is 0 Å². The van der Waals surface area contributed by atoms with Crippen LogP contribution in [0.1, 0.15) is 84.7 Å². The van der Waals surface area contributed by atoms with Crippen molar-refractivity contribution in [3.05, 3.63) is 115 Å². The van der Waals surface area contributed by atoms with E-state index < -0.39 is 0 Å². The third-order valence-electron chi connectivity index (χ3n) is 8.48. The Morgan fingerprint density at radius 1 is 0.417 bits per heavy atom. The molecule has 0 aromatic heterocycles. The van der Waals surface area contributed by atoms with E-state index in [1.165, 1.54) is 64.6 Å². The second-order valence-corrected chi connectivity index (χ2v) is 12.6. The standard InChI is InChI=1S/C18H20.C16H14Br2/c1-11-5-7-15-16-8-6-12(2)10-18(16)14(4)13(3)17(15)9-11;1-9-10(2)16-8-12(18)4-6-14(16)13-5-3-11(17)7-15(9)13/h5-10,13-14H,1-4H3;3-10H,1-2H3. The normalized spacial score (nSPS) is 21.3. The highest BCUT2D eigenvalue weighted by molar-refractivity contribution is 9.10. The molecule has 6 rings (SSSR count). The number of hydrogen-bond donors (Lipinski definition) is 0. The molecule has 2 aliphatic carbocycles. The molecule has 0 nitrogen and oxygen atoms in total. The number of hydrogen-bond acceptors (Lipinski definition) is 0. The van der Waals surface area contributed by atoms with Crippen LogP contribution in [0.15, 0.2) is 81.7 Å². The Labute approximate surface area is 233 Å². The molecule has 4 aromatic carbocycles. The molecule has 0 bridgehead atoms. The van der Waals surface area contributed by atoms with Gasteiger partial charge in [-0.05, 0) is 106 Å². The third kappa shape index (κ3) is 4.52. The van der Waals surface area contributed by atoms with Gasteiger partial charge in [-0.1, -0.05) is 119 Å². The Morgan fingerprint density at radius 2 is 0.694 bits per heavy atom. The summed E-state index contributed by atoms with van der Waals surface area (Å²) in [6.45, 7) is 13.7. The van der Waals surface area contributed by atoms with Crippen molar-refractivity contribution in [3.8, 4) is 22.3 Å². The molecule has 4 atom stereocenters. The minimum absolute atomic E-state index is 0.555. The zero-order valence-electron chi connectivity index (χ0n) is 22.0. The van der Waals surface area contributed by atoms with Gasteiger partial charge in [-0.25, -0.2) is 0 Å². The lowest BCUT2D eigenvalue weighted by Crippen LogP contribution is -2.13. The lowest BCUT2D eigenvalue weighted by Gasteiger charge is -2.32. The third-order valence-corrected chi connectivity index (χ3v) is 9.47. The van der Waals surface area contributed by atoms with Gasteiger partial charge in [0.2, 0.25) is 0 Å². The summed E-state index contributed by atoms with van der Waals surface area (Å²) in [5, 5.41) is 0. The first-order chi connectivity index (χ1) is 17.2. The van der Waals surface area contributed by atoms with E-state index in [-0.39, 0.29) is 0 Å². The SMILES string of the molecule is CC1c2cc(Br)ccc2-c2ccc(Br)cc2C1C.Cc1ccc2c(c1)C(C)C(C)c1cc(C)ccc1-2. The van der Waals surface area contributed by atoms with Gasteiger partial charge in [0.05, 0.1) is 0 Å². The Balaban J connectivity index is 0.000000148. The van der Waals surface area contributed by atoms with Crippen molar-refractivity contribution in [2.75, 3.05) is 0 Å². The lowest BCUT2D eigenvalue weighted by molar-refractivity contribution is 0.615. The van der Waals surface area contributed by atoms with E-state index in [4.69, 9.17) is 0 Å². The van der Waals surface area contributed by atoms with Crippen molar-refractivity contribution in [2.45, 2.75) is 65.2 Å². The average Bonchev–Trinajstić information content (AvgIpc) is 2.86. The summed E-state index contributed by atoms with van der Waals surface area (Å²) in [6, 6.07) is 27.0. The average molecular weight is 602 g/mol. The van der Waals surface area contributed by atoms with Crippen molar-refractivity contribution in [1.29, 1.82) is 0 Å². The minimum Gasteiger partial charge on any atom is -0.0587 e. The Kier molecular flexibility index (Phi) is 7.05. The molecule has 4 aromatic rings. The maximum absolute atomic E-state index is 3.58. The van der Waals surface area contributed by atoms with E-state index in [1.54, 1.807) is 0 Å². The number of benzene rings is 4.